The van der Waals surface area contributed by atoms with Gasteiger partial charge in [-0.15, -0.1) is 0 Å². The van der Waals surface area contributed by atoms with Crippen LogP contribution in [0.25, 0.3) is 0 Å². The molecule has 2 aliphatic rings. The number of nitrogens with zero attached hydrogens (tertiary/aromatic N) is 3. The first-order valence-corrected chi connectivity index (χ1v) is 9.47. The zero-order valence-electron chi connectivity index (χ0n) is 15.7. The first kappa shape index (κ1) is 20.2. The van der Waals surface area contributed by atoms with Crippen LogP contribution in [0.3, 0.4) is 0 Å². The van der Waals surface area contributed by atoms with Gasteiger partial charge in [0.05, 0.1) is 12.4 Å². The van der Waals surface area contributed by atoms with E-state index in [4.69, 9.17) is 0 Å². The van der Waals surface area contributed by atoms with Gasteiger partial charge in [0.2, 0.25) is 11.9 Å². The average molecular weight is 422 g/mol. The Morgan fingerprint density at radius 1 is 1.17 bits per heavy atom. The van der Waals surface area contributed by atoms with Crippen molar-refractivity contribution < 1.29 is 27.2 Å². The molecule has 1 heterocycles. The van der Waals surface area contributed by atoms with Crippen molar-refractivity contribution in [3.8, 4) is 0 Å². The van der Waals surface area contributed by atoms with Crippen LogP contribution in [-0.4, -0.2) is 45.7 Å². The molecule has 1 aromatic carbocycles. The van der Waals surface area contributed by atoms with Gasteiger partial charge in [0.15, 0.2) is 5.82 Å². The first-order valence-electron chi connectivity index (χ1n) is 9.47. The summed E-state index contributed by atoms with van der Waals surface area (Å²) in [4.78, 5) is 33.2. The summed E-state index contributed by atoms with van der Waals surface area (Å²) in [5, 5.41) is 2.28. The normalized spacial score (nSPS) is 19.3. The van der Waals surface area contributed by atoms with E-state index >= 15 is 0 Å². The van der Waals surface area contributed by atoms with Crippen molar-refractivity contribution in [2.24, 2.45) is 5.92 Å². The summed E-state index contributed by atoms with van der Waals surface area (Å²) in [5.74, 6) is -6.69. The summed E-state index contributed by atoms with van der Waals surface area (Å²) in [6.45, 7) is -0.909. The number of carbonyl (C=O) groups excluding carboxylic acids is 2. The largest absolute Gasteiger partial charge is 0.329 e. The molecule has 2 amide bonds. The van der Waals surface area contributed by atoms with Crippen molar-refractivity contribution in [2.75, 3.05) is 18.4 Å². The predicted octanol–water partition coefficient (Wildman–Crippen LogP) is 3.37. The van der Waals surface area contributed by atoms with Crippen LogP contribution in [-0.2, 0) is 4.79 Å². The van der Waals surface area contributed by atoms with Crippen LogP contribution < -0.4 is 5.32 Å². The summed E-state index contributed by atoms with van der Waals surface area (Å²) in [7, 11) is 0. The predicted molar refractivity (Wildman–Crippen MR) is 98.0 cm³/mol. The number of anilines is 1. The number of hydrogen-bond acceptors (Lipinski definition) is 4. The van der Waals surface area contributed by atoms with Crippen LogP contribution >= 0.6 is 0 Å². The smallest absolute Gasteiger partial charge is 0.254 e. The Bertz CT molecular complexity index is 979. The molecule has 2 aliphatic carbocycles. The fraction of sp³-hybridized carbons (Fsp3) is 0.400. The van der Waals surface area contributed by atoms with Gasteiger partial charge in [-0.2, -0.15) is 0 Å². The van der Waals surface area contributed by atoms with Crippen molar-refractivity contribution in [1.82, 2.24) is 14.9 Å². The van der Waals surface area contributed by atoms with E-state index in [1.807, 2.05) is 0 Å². The molecule has 30 heavy (non-hydrogen) atoms. The van der Waals surface area contributed by atoms with Gasteiger partial charge in [0.25, 0.3) is 11.8 Å². The fourth-order valence-electron chi connectivity index (χ4n) is 3.24. The summed E-state index contributed by atoms with van der Waals surface area (Å²) in [6, 6.07) is 4.05. The van der Waals surface area contributed by atoms with Crippen LogP contribution in [0.1, 0.15) is 41.1 Å². The highest BCUT2D eigenvalue weighted by Gasteiger charge is 2.57. The second-order valence-electron chi connectivity index (χ2n) is 7.63. The lowest BCUT2D eigenvalue weighted by Crippen LogP contribution is -2.40. The van der Waals surface area contributed by atoms with Gasteiger partial charge >= 0.3 is 0 Å². The summed E-state index contributed by atoms with van der Waals surface area (Å²) >= 11 is 0. The zero-order chi connectivity index (χ0) is 21.5. The molecule has 158 valence electrons. The van der Waals surface area contributed by atoms with E-state index in [1.54, 1.807) is 0 Å². The van der Waals surface area contributed by atoms with Gasteiger partial charge in [-0.05, 0) is 36.5 Å². The number of alkyl halides is 2. The van der Waals surface area contributed by atoms with Gasteiger partial charge in [-0.1, -0.05) is 6.07 Å². The van der Waals surface area contributed by atoms with Crippen molar-refractivity contribution in [3.05, 3.63) is 53.4 Å². The number of rotatable bonds is 7. The quantitative estimate of drug-likeness (QED) is 0.695. The minimum Gasteiger partial charge on any atom is -0.329 e. The molecular formula is C20H18F4N4O2. The Balaban J connectivity index is 1.48. The van der Waals surface area contributed by atoms with E-state index in [0.717, 1.165) is 36.2 Å². The Morgan fingerprint density at radius 3 is 2.40 bits per heavy atom. The molecule has 0 saturated heterocycles. The third-order valence-corrected chi connectivity index (χ3v) is 5.15. The highest BCUT2D eigenvalue weighted by molar-refractivity contribution is 5.99. The number of amides is 2. The molecule has 0 spiro atoms. The highest BCUT2D eigenvalue weighted by atomic mass is 19.3. The van der Waals surface area contributed by atoms with E-state index in [-0.39, 0.29) is 30.4 Å². The molecule has 0 radical (unpaired) electrons. The van der Waals surface area contributed by atoms with E-state index in [1.165, 1.54) is 12.1 Å². The summed E-state index contributed by atoms with van der Waals surface area (Å²) in [6.07, 6.45) is 3.09. The Labute approximate surface area is 169 Å². The molecule has 2 aromatic rings. The maximum absolute atomic E-state index is 14.3. The highest BCUT2D eigenvalue weighted by Crippen LogP contribution is 2.49. The lowest BCUT2D eigenvalue weighted by molar-refractivity contribution is -0.117. The van der Waals surface area contributed by atoms with E-state index < -0.39 is 41.8 Å². The molecule has 1 aromatic heterocycles. The SMILES string of the molecule is O=C(CN(CC1CC1(F)F)C(=O)c1ccc(C2CC2)c(F)c1)Nc1ncc(F)cn1. The van der Waals surface area contributed by atoms with Gasteiger partial charge < -0.3 is 4.90 Å². The molecule has 1 atom stereocenters. The lowest BCUT2D eigenvalue weighted by atomic mass is 10.1. The lowest BCUT2D eigenvalue weighted by Gasteiger charge is -2.22. The van der Waals surface area contributed by atoms with Crippen LogP contribution in [0.15, 0.2) is 30.6 Å². The van der Waals surface area contributed by atoms with Gasteiger partial charge in [-0.25, -0.2) is 27.5 Å². The first-order chi connectivity index (χ1) is 14.2. The van der Waals surface area contributed by atoms with E-state index in [0.29, 0.717) is 5.56 Å². The van der Waals surface area contributed by atoms with Crippen LogP contribution in [0.2, 0.25) is 0 Å². The summed E-state index contributed by atoms with van der Waals surface area (Å²) < 4.78 is 54.0. The van der Waals surface area contributed by atoms with Crippen molar-refractivity contribution in [1.29, 1.82) is 0 Å². The topological polar surface area (TPSA) is 75.2 Å². The number of carbonyl (C=O) groups is 2. The Morgan fingerprint density at radius 2 is 1.83 bits per heavy atom. The zero-order valence-corrected chi connectivity index (χ0v) is 15.7. The summed E-state index contributed by atoms with van der Waals surface area (Å²) in [5.41, 5.74) is 0.504. The molecule has 0 aliphatic heterocycles. The van der Waals surface area contributed by atoms with Crippen molar-refractivity contribution in [3.63, 3.8) is 0 Å². The third kappa shape index (κ3) is 4.58. The number of hydrogen-bond donors (Lipinski definition) is 1. The molecule has 1 N–H and O–H groups in total. The Hall–Kier alpha value is -3.04. The molecule has 1 unspecified atom stereocenters. The average Bonchev–Trinajstić information content (AvgIpc) is 3.61. The molecule has 0 bridgehead atoms. The minimum atomic E-state index is -2.89. The minimum absolute atomic E-state index is 0.0216. The van der Waals surface area contributed by atoms with E-state index in [2.05, 4.69) is 15.3 Å². The standard InChI is InChI=1S/C20H18F4N4O2/c21-14-7-25-19(26-8-14)27-17(29)10-28(9-13-6-20(13,23)24)18(30)12-3-4-15(11-1-2-11)16(22)5-12/h3-5,7-8,11,13H,1-2,6,9-10H2,(H,25,26,27,29). The van der Waals surface area contributed by atoms with Crippen LogP contribution in [0, 0.1) is 17.6 Å². The van der Waals surface area contributed by atoms with Gasteiger partial charge in [-0.3, -0.25) is 14.9 Å². The van der Waals surface area contributed by atoms with Crippen LogP contribution in [0.5, 0.6) is 0 Å². The number of halogens is 4. The van der Waals surface area contributed by atoms with Gasteiger partial charge in [0.1, 0.15) is 12.4 Å². The Kier molecular flexibility index (Phi) is 5.17. The molecule has 2 fully saturated rings. The monoisotopic (exact) mass is 422 g/mol. The molecule has 4 rings (SSSR count). The number of aromatic nitrogens is 2. The second-order valence-corrected chi connectivity index (χ2v) is 7.63. The van der Waals surface area contributed by atoms with E-state index in [9.17, 15) is 27.2 Å². The maximum Gasteiger partial charge on any atom is 0.254 e. The number of benzene rings is 1. The van der Waals surface area contributed by atoms with Crippen molar-refractivity contribution in [2.45, 2.75) is 31.1 Å². The van der Waals surface area contributed by atoms with Gasteiger partial charge in [0, 0.05) is 24.4 Å². The van der Waals surface area contributed by atoms with Crippen molar-refractivity contribution >= 4 is 17.8 Å². The van der Waals surface area contributed by atoms with Crippen LogP contribution in [0.4, 0.5) is 23.5 Å². The fourth-order valence-corrected chi connectivity index (χ4v) is 3.24. The second kappa shape index (κ2) is 7.66. The number of nitrogens with one attached hydrogen (secondary N) is 1. The maximum atomic E-state index is 14.3. The molecular weight excluding hydrogens is 404 g/mol. The molecule has 10 heteroatoms. The molecule has 6 nitrogen and oxygen atoms in total. The third-order valence-electron chi connectivity index (χ3n) is 5.15. The molecule has 2 saturated carbocycles.